The molecular weight excluding hydrogens is 372 g/mol. The van der Waals surface area contributed by atoms with E-state index in [0.717, 1.165) is 25.7 Å². The quantitative estimate of drug-likeness (QED) is 0.671. The minimum Gasteiger partial charge on any atom is -0.355 e. The molecule has 1 saturated carbocycles. The third kappa shape index (κ3) is 6.19. The lowest BCUT2D eigenvalue weighted by atomic mass is 9.81. The molecular formula is C26H34N2O2. The Hall–Kier alpha value is -2.62. The van der Waals surface area contributed by atoms with Gasteiger partial charge >= 0.3 is 0 Å². The lowest BCUT2D eigenvalue weighted by Crippen LogP contribution is -2.39. The molecule has 2 atom stereocenters. The Morgan fingerprint density at radius 2 is 1.03 bits per heavy atom. The van der Waals surface area contributed by atoms with E-state index in [0.29, 0.717) is 24.9 Å². The maximum Gasteiger partial charge on any atom is 0.223 e. The molecule has 30 heavy (non-hydrogen) atoms. The molecule has 0 radical (unpaired) electrons. The second-order valence-corrected chi connectivity index (χ2v) is 8.66. The summed E-state index contributed by atoms with van der Waals surface area (Å²) < 4.78 is 0. The number of nitrogens with one attached hydrogen (secondary N) is 2. The highest BCUT2D eigenvalue weighted by Crippen LogP contribution is 2.29. The maximum absolute atomic E-state index is 12.6. The predicted octanol–water partition coefficient (Wildman–Crippen LogP) is 4.63. The Bertz CT molecular complexity index is 729. The number of hydrogen-bond acceptors (Lipinski definition) is 2. The standard InChI is InChI=1S/C26H34N2O2/c1-19(21-9-5-3-6-10-21)17-27-25(29)23-13-15-24(16-14-23)26(30)28-18-20(2)22-11-7-4-8-12-22/h3-12,19-20,23-24H,13-18H2,1-2H3,(H,27,29)(H,28,30). The molecule has 160 valence electrons. The average Bonchev–Trinajstić information content (AvgIpc) is 2.81. The molecule has 0 bridgehead atoms. The zero-order valence-corrected chi connectivity index (χ0v) is 18.1. The summed E-state index contributed by atoms with van der Waals surface area (Å²) in [5, 5.41) is 6.23. The minimum atomic E-state index is 0.0280. The molecule has 4 nitrogen and oxygen atoms in total. The van der Waals surface area contributed by atoms with Crippen molar-refractivity contribution in [1.29, 1.82) is 0 Å². The largest absolute Gasteiger partial charge is 0.355 e. The van der Waals surface area contributed by atoms with Crippen LogP contribution in [0.2, 0.25) is 0 Å². The van der Waals surface area contributed by atoms with Crippen molar-refractivity contribution in [2.45, 2.75) is 51.4 Å². The minimum absolute atomic E-state index is 0.0280. The fourth-order valence-corrected chi connectivity index (χ4v) is 4.21. The van der Waals surface area contributed by atoms with E-state index in [4.69, 9.17) is 0 Å². The SMILES string of the molecule is CC(CNC(=O)C1CCC(C(=O)NCC(C)c2ccccc2)CC1)c1ccccc1. The van der Waals surface area contributed by atoms with Crippen LogP contribution in [0.25, 0.3) is 0 Å². The topological polar surface area (TPSA) is 58.2 Å². The molecule has 0 saturated heterocycles. The number of rotatable bonds is 8. The average molecular weight is 407 g/mol. The first-order valence-electron chi connectivity index (χ1n) is 11.2. The van der Waals surface area contributed by atoms with E-state index in [2.05, 4.69) is 48.7 Å². The van der Waals surface area contributed by atoms with Crippen molar-refractivity contribution in [2.24, 2.45) is 11.8 Å². The van der Waals surface area contributed by atoms with Gasteiger partial charge in [0.15, 0.2) is 0 Å². The van der Waals surface area contributed by atoms with Crippen molar-refractivity contribution in [3.63, 3.8) is 0 Å². The molecule has 1 aliphatic rings. The van der Waals surface area contributed by atoms with Crippen LogP contribution in [0, 0.1) is 11.8 Å². The zero-order valence-electron chi connectivity index (χ0n) is 18.1. The summed E-state index contributed by atoms with van der Waals surface area (Å²) in [7, 11) is 0. The van der Waals surface area contributed by atoms with Gasteiger partial charge in [-0.3, -0.25) is 9.59 Å². The first kappa shape index (κ1) is 22.1. The maximum atomic E-state index is 12.6. The summed E-state index contributed by atoms with van der Waals surface area (Å²) in [4.78, 5) is 25.1. The summed E-state index contributed by atoms with van der Waals surface area (Å²) in [6.07, 6.45) is 3.16. The van der Waals surface area contributed by atoms with E-state index < -0.39 is 0 Å². The van der Waals surface area contributed by atoms with Gasteiger partial charge in [-0.15, -0.1) is 0 Å². The van der Waals surface area contributed by atoms with Gasteiger partial charge in [0.25, 0.3) is 0 Å². The molecule has 1 fully saturated rings. The molecule has 2 N–H and O–H groups in total. The Morgan fingerprint density at radius 1 is 0.700 bits per heavy atom. The molecule has 0 spiro atoms. The third-order valence-corrected chi connectivity index (χ3v) is 6.37. The molecule has 0 aromatic heterocycles. The van der Waals surface area contributed by atoms with Gasteiger partial charge in [0, 0.05) is 24.9 Å². The van der Waals surface area contributed by atoms with Crippen LogP contribution in [0.15, 0.2) is 60.7 Å². The van der Waals surface area contributed by atoms with Gasteiger partial charge in [0.05, 0.1) is 0 Å². The van der Waals surface area contributed by atoms with E-state index in [1.54, 1.807) is 0 Å². The van der Waals surface area contributed by atoms with Crippen LogP contribution in [0.4, 0.5) is 0 Å². The third-order valence-electron chi connectivity index (χ3n) is 6.37. The summed E-state index contributed by atoms with van der Waals surface area (Å²) in [5.41, 5.74) is 2.48. The normalized spacial score (nSPS) is 20.7. The lowest BCUT2D eigenvalue weighted by Gasteiger charge is -2.28. The van der Waals surface area contributed by atoms with Gasteiger partial charge in [-0.25, -0.2) is 0 Å². The Labute approximate surface area is 180 Å². The van der Waals surface area contributed by atoms with E-state index in [1.807, 2.05) is 36.4 Å². The van der Waals surface area contributed by atoms with Gasteiger partial charge in [-0.2, -0.15) is 0 Å². The van der Waals surface area contributed by atoms with Crippen LogP contribution in [0.5, 0.6) is 0 Å². The second-order valence-electron chi connectivity index (χ2n) is 8.66. The van der Waals surface area contributed by atoms with Gasteiger partial charge in [-0.1, -0.05) is 74.5 Å². The fraction of sp³-hybridized carbons (Fsp3) is 0.462. The Morgan fingerprint density at radius 3 is 1.37 bits per heavy atom. The summed E-state index contributed by atoms with van der Waals surface area (Å²) in [6.45, 7) is 5.57. The van der Waals surface area contributed by atoms with Crippen molar-refractivity contribution in [3.05, 3.63) is 71.8 Å². The number of carbonyl (C=O) groups excluding carboxylic acids is 2. The van der Waals surface area contributed by atoms with Gasteiger partial charge < -0.3 is 10.6 Å². The molecule has 2 aromatic carbocycles. The van der Waals surface area contributed by atoms with Gasteiger partial charge in [0.2, 0.25) is 11.8 Å². The van der Waals surface area contributed by atoms with Crippen molar-refractivity contribution in [2.75, 3.05) is 13.1 Å². The molecule has 3 rings (SSSR count). The molecule has 0 aliphatic heterocycles. The molecule has 4 heteroatoms. The highest BCUT2D eigenvalue weighted by atomic mass is 16.2. The smallest absolute Gasteiger partial charge is 0.223 e. The van der Waals surface area contributed by atoms with Crippen LogP contribution in [-0.2, 0) is 9.59 Å². The molecule has 2 amide bonds. The molecule has 1 aliphatic carbocycles. The number of benzene rings is 2. The van der Waals surface area contributed by atoms with Crippen molar-refractivity contribution < 1.29 is 9.59 Å². The number of amides is 2. The van der Waals surface area contributed by atoms with Crippen LogP contribution < -0.4 is 10.6 Å². The van der Waals surface area contributed by atoms with Gasteiger partial charge in [0.1, 0.15) is 0 Å². The van der Waals surface area contributed by atoms with E-state index in [-0.39, 0.29) is 23.7 Å². The predicted molar refractivity (Wildman–Crippen MR) is 121 cm³/mol. The fourth-order valence-electron chi connectivity index (χ4n) is 4.21. The molecule has 0 heterocycles. The van der Waals surface area contributed by atoms with Gasteiger partial charge in [-0.05, 0) is 48.6 Å². The first-order valence-corrected chi connectivity index (χ1v) is 11.2. The monoisotopic (exact) mass is 406 g/mol. The second kappa shape index (κ2) is 11.0. The van der Waals surface area contributed by atoms with Crippen LogP contribution >= 0.6 is 0 Å². The zero-order chi connectivity index (χ0) is 21.3. The highest BCUT2D eigenvalue weighted by molar-refractivity contribution is 5.81. The van der Waals surface area contributed by atoms with E-state index >= 15 is 0 Å². The van der Waals surface area contributed by atoms with Crippen molar-refractivity contribution in [1.82, 2.24) is 10.6 Å². The summed E-state index contributed by atoms with van der Waals surface area (Å²) in [6, 6.07) is 20.5. The molecule has 2 unspecified atom stereocenters. The summed E-state index contributed by atoms with van der Waals surface area (Å²) >= 11 is 0. The van der Waals surface area contributed by atoms with Crippen LogP contribution in [-0.4, -0.2) is 24.9 Å². The lowest BCUT2D eigenvalue weighted by molar-refractivity contribution is -0.130. The number of carbonyl (C=O) groups is 2. The Balaban J connectivity index is 1.37. The number of hydrogen-bond donors (Lipinski definition) is 2. The molecule has 2 aromatic rings. The van der Waals surface area contributed by atoms with E-state index in [1.165, 1.54) is 11.1 Å². The summed E-state index contributed by atoms with van der Waals surface area (Å²) in [5.74, 6) is 0.914. The van der Waals surface area contributed by atoms with E-state index in [9.17, 15) is 9.59 Å². The Kier molecular flexibility index (Phi) is 8.06. The van der Waals surface area contributed by atoms with Crippen LogP contribution in [0.1, 0.15) is 62.5 Å². The first-order chi connectivity index (χ1) is 14.5. The van der Waals surface area contributed by atoms with Crippen molar-refractivity contribution in [3.8, 4) is 0 Å². The van der Waals surface area contributed by atoms with Crippen LogP contribution in [0.3, 0.4) is 0 Å². The highest BCUT2D eigenvalue weighted by Gasteiger charge is 2.30. The van der Waals surface area contributed by atoms with Crippen molar-refractivity contribution >= 4 is 11.8 Å².